The van der Waals surface area contributed by atoms with Gasteiger partial charge in [-0.25, -0.2) is 17.6 Å². The van der Waals surface area contributed by atoms with E-state index in [1.54, 1.807) is 18.7 Å². The number of hydrogen-bond donors (Lipinski definition) is 1. The number of piperidine rings is 1. The number of benzene rings is 2. The molecular formula is C28H34F4N2O2. The molecule has 0 aromatic heterocycles. The Morgan fingerprint density at radius 2 is 1.44 bits per heavy atom. The van der Waals surface area contributed by atoms with Crippen LogP contribution in [0.1, 0.15) is 51.7 Å². The zero-order chi connectivity index (χ0) is 26.6. The van der Waals surface area contributed by atoms with Gasteiger partial charge in [0.05, 0.1) is 5.92 Å². The summed E-state index contributed by atoms with van der Waals surface area (Å²) >= 11 is 0. The maximum atomic E-state index is 14.8. The van der Waals surface area contributed by atoms with E-state index in [2.05, 4.69) is 4.90 Å². The van der Waals surface area contributed by atoms with E-state index in [0.717, 1.165) is 18.2 Å². The molecule has 0 aliphatic carbocycles. The fourth-order valence-corrected chi connectivity index (χ4v) is 5.98. The molecule has 2 heterocycles. The summed E-state index contributed by atoms with van der Waals surface area (Å²) in [6.45, 7) is 10.8. The number of carbonyl (C=O) groups is 1. The van der Waals surface area contributed by atoms with Gasteiger partial charge in [-0.3, -0.25) is 9.69 Å². The number of amides is 1. The molecule has 1 unspecified atom stereocenters. The van der Waals surface area contributed by atoms with Crippen molar-refractivity contribution in [1.29, 1.82) is 0 Å². The molecule has 5 atom stereocenters. The molecule has 0 spiro atoms. The first-order valence-electron chi connectivity index (χ1n) is 12.4. The van der Waals surface area contributed by atoms with Crippen molar-refractivity contribution in [1.82, 2.24) is 9.80 Å². The molecular weight excluding hydrogens is 472 g/mol. The van der Waals surface area contributed by atoms with E-state index in [0.29, 0.717) is 18.7 Å². The Morgan fingerprint density at radius 3 is 1.97 bits per heavy atom. The molecule has 0 bridgehead atoms. The molecule has 8 heteroatoms. The highest BCUT2D eigenvalue weighted by Crippen LogP contribution is 2.44. The third-order valence-electron chi connectivity index (χ3n) is 8.11. The Kier molecular flexibility index (Phi) is 6.99. The lowest BCUT2D eigenvalue weighted by Gasteiger charge is -2.48. The molecule has 0 saturated carbocycles. The third-order valence-corrected chi connectivity index (χ3v) is 8.11. The fraction of sp³-hybridized carbons (Fsp3) is 0.536. The molecule has 0 radical (unpaired) electrons. The molecule has 2 saturated heterocycles. The highest BCUT2D eigenvalue weighted by molar-refractivity contribution is 5.81. The van der Waals surface area contributed by atoms with Crippen molar-refractivity contribution >= 4 is 5.91 Å². The maximum Gasteiger partial charge on any atom is 0.227 e. The summed E-state index contributed by atoms with van der Waals surface area (Å²) in [5.41, 5.74) is -1.51. The predicted molar refractivity (Wildman–Crippen MR) is 129 cm³/mol. The number of likely N-dealkylation sites (tertiary alicyclic amines) is 2. The second-order valence-corrected chi connectivity index (χ2v) is 11.4. The van der Waals surface area contributed by atoms with Crippen LogP contribution >= 0.6 is 0 Å². The van der Waals surface area contributed by atoms with Crippen molar-refractivity contribution < 1.29 is 27.5 Å². The number of halogens is 4. The van der Waals surface area contributed by atoms with E-state index in [-0.39, 0.29) is 30.1 Å². The van der Waals surface area contributed by atoms with Gasteiger partial charge in [-0.05, 0) is 38.5 Å². The van der Waals surface area contributed by atoms with Gasteiger partial charge < -0.3 is 10.0 Å². The average Bonchev–Trinajstić information content (AvgIpc) is 3.22. The first-order chi connectivity index (χ1) is 16.7. The Morgan fingerprint density at radius 1 is 0.889 bits per heavy atom. The molecule has 1 amide bonds. The third kappa shape index (κ3) is 4.65. The average molecular weight is 507 g/mol. The van der Waals surface area contributed by atoms with E-state index in [1.807, 2.05) is 20.8 Å². The van der Waals surface area contributed by atoms with E-state index in [4.69, 9.17) is 0 Å². The van der Waals surface area contributed by atoms with Gasteiger partial charge in [0.2, 0.25) is 5.91 Å². The number of nitrogens with zero attached hydrogens (tertiary/aromatic N) is 2. The highest BCUT2D eigenvalue weighted by atomic mass is 19.1. The van der Waals surface area contributed by atoms with Gasteiger partial charge >= 0.3 is 0 Å². The Hall–Kier alpha value is -2.45. The van der Waals surface area contributed by atoms with E-state index in [1.165, 1.54) is 18.2 Å². The van der Waals surface area contributed by atoms with Gasteiger partial charge in [0.15, 0.2) is 0 Å². The van der Waals surface area contributed by atoms with Crippen LogP contribution in [-0.2, 0) is 10.4 Å². The minimum absolute atomic E-state index is 0.0158. The summed E-state index contributed by atoms with van der Waals surface area (Å²) in [5.74, 6) is -5.15. The van der Waals surface area contributed by atoms with Crippen LogP contribution in [0.4, 0.5) is 17.6 Å². The van der Waals surface area contributed by atoms with Crippen LogP contribution in [0.3, 0.4) is 0 Å². The van der Waals surface area contributed by atoms with Crippen LogP contribution in [0.5, 0.6) is 0 Å². The van der Waals surface area contributed by atoms with Crippen molar-refractivity contribution in [2.24, 2.45) is 17.8 Å². The second kappa shape index (κ2) is 9.45. The standard InChI is InChI=1S/C28H34F4N2O2/c1-16-12-33(13-17(2)28(16,36)23-9-7-19(30)11-25(23)32)26(35)22-15-34(27(3,4)5)14-21(22)20-8-6-18(29)10-24(20)31/h6-11,16-17,21-22,36H,12-15H2,1-5H3/t16-,17+,21-,22+,28?/m0/s1. The van der Waals surface area contributed by atoms with Crippen LogP contribution in [0.25, 0.3) is 0 Å². The summed E-state index contributed by atoms with van der Waals surface area (Å²) in [5, 5.41) is 11.6. The van der Waals surface area contributed by atoms with E-state index >= 15 is 0 Å². The topological polar surface area (TPSA) is 43.8 Å². The molecule has 4 nitrogen and oxygen atoms in total. The molecule has 2 aromatic carbocycles. The lowest BCUT2D eigenvalue weighted by molar-refractivity contribution is -0.153. The first-order valence-corrected chi connectivity index (χ1v) is 12.4. The zero-order valence-corrected chi connectivity index (χ0v) is 21.4. The molecule has 2 aliphatic rings. The largest absolute Gasteiger partial charge is 0.384 e. The Bertz CT molecular complexity index is 1140. The normalized spacial score (nSPS) is 29.6. The van der Waals surface area contributed by atoms with E-state index < -0.39 is 52.5 Å². The second-order valence-electron chi connectivity index (χ2n) is 11.4. The van der Waals surface area contributed by atoms with Crippen LogP contribution in [0.15, 0.2) is 36.4 Å². The lowest BCUT2D eigenvalue weighted by atomic mass is 9.70. The first kappa shape index (κ1) is 26.6. The summed E-state index contributed by atoms with van der Waals surface area (Å²) in [7, 11) is 0. The van der Waals surface area contributed by atoms with Crippen molar-refractivity contribution in [3.8, 4) is 0 Å². The quantitative estimate of drug-likeness (QED) is 0.592. The van der Waals surface area contributed by atoms with Crippen LogP contribution in [0, 0.1) is 41.0 Å². The molecule has 36 heavy (non-hydrogen) atoms. The van der Waals surface area contributed by atoms with Gasteiger partial charge in [-0.1, -0.05) is 26.0 Å². The van der Waals surface area contributed by atoms with Crippen molar-refractivity contribution in [3.63, 3.8) is 0 Å². The summed E-state index contributed by atoms with van der Waals surface area (Å²) in [4.78, 5) is 17.7. The Labute approximate surface area is 209 Å². The van der Waals surface area contributed by atoms with Gasteiger partial charge in [0, 0.05) is 67.2 Å². The predicted octanol–water partition coefficient (Wildman–Crippen LogP) is 5.06. The lowest BCUT2D eigenvalue weighted by Crippen LogP contribution is -2.57. The molecule has 2 aliphatic heterocycles. The van der Waals surface area contributed by atoms with Gasteiger partial charge in [-0.15, -0.1) is 0 Å². The van der Waals surface area contributed by atoms with E-state index in [9.17, 15) is 27.5 Å². The van der Waals surface area contributed by atoms with Crippen LogP contribution in [-0.4, -0.2) is 52.5 Å². The molecule has 1 N–H and O–H groups in total. The SMILES string of the molecule is C[C@@H]1CN(C(=O)[C@@H]2CN(C(C)(C)C)C[C@H]2c2ccc(F)cc2F)C[C@H](C)C1(O)c1ccc(F)cc1F. The van der Waals surface area contributed by atoms with Gasteiger partial charge in [0.1, 0.15) is 28.9 Å². The monoisotopic (exact) mass is 506 g/mol. The van der Waals surface area contributed by atoms with Crippen LogP contribution in [0.2, 0.25) is 0 Å². The summed E-state index contributed by atoms with van der Waals surface area (Å²) in [6, 6.07) is 6.61. The Balaban J connectivity index is 1.62. The minimum atomic E-state index is -1.58. The number of hydrogen-bond acceptors (Lipinski definition) is 3. The van der Waals surface area contributed by atoms with Crippen molar-refractivity contribution in [2.75, 3.05) is 26.2 Å². The minimum Gasteiger partial charge on any atom is -0.384 e. The molecule has 4 rings (SSSR count). The molecule has 2 aromatic rings. The molecule has 2 fully saturated rings. The number of carbonyl (C=O) groups excluding carboxylic acids is 1. The summed E-state index contributed by atoms with van der Waals surface area (Å²) in [6.07, 6.45) is 0. The van der Waals surface area contributed by atoms with Crippen molar-refractivity contribution in [3.05, 3.63) is 70.8 Å². The summed E-state index contributed by atoms with van der Waals surface area (Å²) < 4.78 is 56.5. The van der Waals surface area contributed by atoms with Gasteiger partial charge in [0.25, 0.3) is 0 Å². The van der Waals surface area contributed by atoms with Crippen molar-refractivity contribution in [2.45, 2.75) is 51.7 Å². The highest BCUT2D eigenvalue weighted by Gasteiger charge is 2.51. The smallest absolute Gasteiger partial charge is 0.227 e. The maximum absolute atomic E-state index is 14.8. The van der Waals surface area contributed by atoms with Gasteiger partial charge in [-0.2, -0.15) is 0 Å². The number of rotatable bonds is 3. The number of aliphatic hydroxyl groups is 1. The zero-order valence-electron chi connectivity index (χ0n) is 21.4. The molecule has 196 valence electrons. The fourth-order valence-electron chi connectivity index (χ4n) is 5.98. The van der Waals surface area contributed by atoms with Crippen LogP contribution < -0.4 is 0 Å².